The highest BCUT2D eigenvalue weighted by molar-refractivity contribution is 8.00. The highest BCUT2D eigenvalue weighted by atomic mass is 32.2. The Balaban J connectivity index is 1.52. The van der Waals surface area contributed by atoms with Gasteiger partial charge in [0.2, 0.25) is 5.13 Å². The number of anilines is 1. The van der Waals surface area contributed by atoms with Crippen LogP contribution in [0.4, 0.5) is 5.13 Å². The second kappa shape index (κ2) is 7.98. The van der Waals surface area contributed by atoms with Gasteiger partial charge in [0.05, 0.1) is 17.1 Å². The van der Waals surface area contributed by atoms with Crippen LogP contribution in [-0.4, -0.2) is 30.9 Å². The maximum atomic E-state index is 12.9. The minimum absolute atomic E-state index is 0.161. The molecule has 7 nitrogen and oxygen atoms in total. The van der Waals surface area contributed by atoms with Crippen LogP contribution < -0.4 is 5.32 Å². The maximum absolute atomic E-state index is 12.9. The Bertz CT molecular complexity index is 1120. The smallest absolute Gasteiger partial charge is 0.258 e. The Kier molecular flexibility index (Phi) is 5.42. The molecule has 0 fully saturated rings. The summed E-state index contributed by atoms with van der Waals surface area (Å²) in [6.07, 6.45) is 1.69. The zero-order valence-electron chi connectivity index (χ0n) is 15.5. The third kappa shape index (κ3) is 3.94. The second-order valence-corrected chi connectivity index (χ2v) is 9.66. The SMILES string of the molecule is Cc1cc(C(=O)Nc2nnc(SCc3cccs3)s2)c2cnn(C(C)C)c2n1. The number of carbonyl (C=O) groups is 1. The summed E-state index contributed by atoms with van der Waals surface area (Å²) in [4.78, 5) is 18.7. The van der Waals surface area contributed by atoms with E-state index in [0.717, 1.165) is 21.2 Å². The third-order valence-corrected chi connectivity index (χ3v) is 7.05. The van der Waals surface area contributed by atoms with Gasteiger partial charge in [-0.15, -0.1) is 21.5 Å². The van der Waals surface area contributed by atoms with Crippen LogP contribution in [0.5, 0.6) is 0 Å². The van der Waals surface area contributed by atoms with E-state index in [1.165, 1.54) is 16.2 Å². The van der Waals surface area contributed by atoms with Crippen LogP contribution in [0.25, 0.3) is 11.0 Å². The molecule has 0 aliphatic heterocycles. The zero-order valence-corrected chi connectivity index (χ0v) is 18.0. The number of thiophene rings is 1. The topological polar surface area (TPSA) is 85.6 Å². The number of aromatic nitrogens is 5. The van der Waals surface area contributed by atoms with Crippen LogP contribution in [0.3, 0.4) is 0 Å². The number of hydrogen-bond donors (Lipinski definition) is 1. The summed E-state index contributed by atoms with van der Waals surface area (Å²) in [7, 11) is 0. The molecular formula is C18H18N6OS3. The molecule has 0 aliphatic rings. The van der Waals surface area contributed by atoms with Crippen LogP contribution >= 0.6 is 34.4 Å². The molecule has 1 N–H and O–H groups in total. The molecular weight excluding hydrogens is 412 g/mol. The van der Waals surface area contributed by atoms with E-state index in [2.05, 4.69) is 37.0 Å². The molecule has 0 bridgehead atoms. The van der Waals surface area contributed by atoms with Crippen molar-refractivity contribution in [3.05, 3.63) is 45.9 Å². The predicted octanol–water partition coefficient (Wildman–Crippen LogP) is 4.78. The Labute approximate surface area is 174 Å². The van der Waals surface area contributed by atoms with Crippen molar-refractivity contribution in [3.63, 3.8) is 0 Å². The largest absolute Gasteiger partial charge is 0.296 e. The summed E-state index contributed by atoms with van der Waals surface area (Å²) < 4.78 is 2.65. The van der Waals surface area contributed by atoms with E-state index in [9.17, 15) is 4.79 Å². The summed E-state index contributed by atoms with van der Waals surface area (Å²) in [6, 6.07) is 6.06. The third-order valence-electron chi connectivity index (χ3n) is 3.97. The number of hydrogen-bond acceptors (Lipinski definition) is 8. The summed E-state index contributed by atoms with van der Waals surface area (Å²) >= 11 is 4.70. The lowest BCUT2D eigenvalue weighted by molar-refractivity contribution is 0.102. The molecule has 1 amide bonds. The van der Waals surface area contributed by atoms with Gasteiger partial charge in [-0.05, 0) is 38.3 Å². The summed E-state index contributed by atoms with van der Waals surface area (Å²) in [5, 5.41) is 18.8. The van der Waals surface area contributed by atoms with Crippen LogP contribution in [0.2, 0.25) is 0 Å². The van der Waals surface area contributed by atoms with Crippen molar-refractivity contribution < 1.29 is 4.79 Å². The Morgan fingerprint density at radius 1 is 1.36 bits per heavy atom. The number of aryl methyl sites for hydroxylation is 1. The van der Waals surface area contributed by atoms with Crippen LogP contribution in [0.15, 0.2) is 34.1 Å². The number of fused-ring (bicyclic) bond motifs is 1. The second-order valence-electron chi connectivity index (χ2n) is 6.43. The highest BCUT2D eigenvalue weighted by Crippen LogP contribution is 2.30. The number of nitrogens with one attached hydrogen (secondary N) is 1. The first-order chi connectivity index (χ1) is 13.5. The molecule has 0 aliphatic carbocycles. The summed E-state index contributed by atoms with van der Waals surface area (Å²) in [5.41, 5.74) is 2.02. The molecule has 28 heavy (non-hydrogen) atoms. The number of pyridine rings is 1. The molecule has 4 aromatic heterocycles. The monoisotopic (exact) mass is 430 g/mol. The molecule has 0 spiro atoms. The number of nitrogens with zero attached hydrogens (tertiary/aromatic N) is 5. The fourth-order valence-electron chi connectivity index (χ4n) is 2.72. The van der Waals surface area contributed by atoms with Crippen LogP contribution in [0, 0.1) is 6.92 Å². The molecule has 4 heterocycles. The molecule has 0 radical (unpaired) electrons. The van der Waals surface area contributed by atoms with Crippen LogP contribution in [0.1, 0.15) is 40.8 Å². The van der Waals surface area contributed by atoms with Gasteiger partial charge in [-0.1, -0.05) is 29.2 Å². The van der Waals surface area contributed by atoms with E-state index in [4.69, 9.17) is 0 Å². The molecule has 4 aromatic rings. The van der Waals surface area contributed by atoms with Gasteiger partial charge in [-0.2, -0.15) is 5.10 Å². The van der Waals surface area contributed by atoms with Crippen molar-refractivity contribution in [1.29, 1.82) is 0 Å². The van der Waals surface area contributed by atoms with Gasteiger partial charge in [-0.25, -0.2) is 9.67 Å². The van der Waals surface area contributed by atoms with Crippen molar-refractivity contribution >= 4 is 56.5 Å². The standard InChI is InChI=1S/C18H18N6OS3/c1-10(2)24-15-14(8-19-24)13(7-11(3)20-15)16(25)21-17-22-23-18(28-17)27-9-12-5-4-6-26-12/h4-8,10H,9H2,1-3H3,(H,21,22,25). The molecule has 144 valence electrons. The lowest BCUT2D eigenvalue weighted by Gasteiger charge is -2.08. The highest BCUT2D eigenvalue weighted by Gasteiger charge is 2.18. The Morgan fingerprint density at radius 2 is 2.21 bits per heavy atom. The average molecular weight is 431 g/mol. The van der Waals surface area contributed by atoms with Gasteiger partial charge in [0.15, 0.2) is 9.99 Å². The molecule has 0 atom stereocenters. The normalized spacial score (nSPS) is 11.4. The average Bonchev–Trinajstić information content (AvgIpc) is 3.39. The lowest BCUT2D eigenvalue weighted by Crippen LogP contribution is -2.13. The summed E-state index contributed by atoms with van der Waals surface area (Å²) in [6.45, 7) is 5.94. The quantitative estimate of drug-likeness (QED) is 0.350. The van der Waals surface area contributed by atoms with Gasteiger partial charge in [0.25, 0.3) is 5.91 Å². The first-order valence-corrected chi connectivity index (χ1v) is 11.3. The fourth-order valence-corrected chi connectivity index (χ4v) is 5.24. The maximum Gasteiger partial charge on any atom is 0.258 e. The van der Waals surface area contributed by atoms with Crippen molar-refractivity contribution in [2.45, 2.75) is 36.9 Å². The molecule has 0 saturated heterocycles. The first-order valence-electron chi connectivity index (χ1n) is 8.66. The van der Waals surface area contributed by atoms with Gasteiger partial charge in [0.1, 0.15) is 0 Å². The van der Waals surface area contributed by atoms with E-state index in [1.54, 1.807) is 35.4 Å². The molecule has 10 heteroatoms. The van der Waals surface area contributed by atoms with Gasteiger partial charge < -0.3 is 0 Å². The zero-order chi connectivity index (χ0) is 19.7. The minimum Gasteiger partial charge on any atom is -0.296 e. The van der Waals surface area contributed by atoms with Crippen LogP contribution in [-0.2, 0) is 5.75 Å². The Hall–Kier alpha value is -2.30. The predicted molar refractivity (Wildman–Crippen MR) is 114 cm³/mol. The van der Waals surface area contributed by atoms with Gasteiger partial charge >= 0.3 is 0 Å². The first kappa shape index (κ1) is 19.0. The minimum atomic E-state index is -0.232. The van der Waals surface area contributed by atoms with Crippen molar-refractivity contribution in [2.75, 3.05) is 5.32 Å². The fraction of sp³-hybridized carbons (Fsp3) is 0.278. The van der Waals surface area contributed by atoms with Crippen molar-refractivity contribution in [2.24, 2.45) is 0 Å². The van der Waals surface area contributed by atoms with E-state index in [-0.39, 0.29) is 11.9 Å². The van der Waals surface area contributed by atoms with Gasteiger partial charge in [-0.3, -0.25) is 10.1 Å². The van der Waals surface area contributed by atoms with E-state index < -0.39 is 0 Å². The van der Waals surface area contributed by atoms with E-state index in [1.807, 2.05) is 31.5 Å². The number of thioether (sulfide) groups is 1. The van der Waals surface area contributed by atoms with E-state index in [0.29, 0.717) is 16.3 Å². The molecule has 0 saturated carbocycles. The lowest BCUT2D eigenvalue weighted by atomic mass is 10.1. The number of carbonyl (C=O) groups excluding carboxylic acids is 1. The molecule has 0 unspecified atom stereocenters. The number of amides is 1. The van der Waals surface area contributed by atoms with Gasteiger partial charge in [0, 0.05) is 22.4 Å². The van der Waals surface area contributed by atoms with E-state index >= 15 is 0 Å². The number of rotatable bonds is 6. The van der Waals surface area contributed by atoms with Crippen molar-refractivity contribution in [3.8, 4) is 0 Å². The molecule has 0 aromatic carbocycles. The summed E-state index contributed by atoms with van der Waals surface area (Å²) in [5.74, 6) is 0.614. The molecule has 4 rings (SSSR count). The Morgan fingerprint density at radius 3 is 2.96 bits per heavy atom. The van der Waals surface area contributed by atoms with Crippen molar-refractivity contribution in [1.82, 2.24) is 25.0 Å².